The minimum atomic E-state index is -0.524. The average Bonchev–Trinajstić information content (AvgIpc) is 2.45. The lowest BCUT2D eigenvalue weighted by atomic mass is 10.1. The van der Waals surface area contributed by atoms with Crippen molar-refractivity contribution in [2.75, 3.05) is 13.7 Å². The Morgan fingerprint density at radius 1 is 1.57 bits per heavy atom. The van der Waals surface area contributed by atoms with Gasteiger partial charge in [-0.3, -0.25) is 4.79 Å². The molecule has 1 atom stereocenters. The van der Waals surface area contributed by atoms with Crippen LogP contribution in [0.15, 0.2) is 23.4 Å². The Hall–Kier alpha value is -2.15. The summed E-state index contributed by atoms with van der Waals surface area (Å²) in [4.78, 5) is 11.7. The molecule has 0 aliphatic rings. The molecule has 0 fully saturated rings. The van der Waals surface area contributed by atoms with Crippen molar-refractivity contribution in [1.29, 1.82) is 0 Å². The number of ether oxygens (including phenoxy) is 1. The van der Waals surface area contributed by atoms with Gasteiger partial charge in [0.05, 0.1) is 0 Å². The predicted molar refractivity (Wildman–Crippen MR) is 76.4 cm³/mol. The molecule has 4 N–H and O–H groups in total. The number of hydrogen-bond donors (Lipinski definition) is 3. The minimum absolute atomic E-state index is 0.0841. The van der Waals surface area contributed by atoms with Gasteiger partial charge in [0.15, 0.2) is 5.84 Å². The second-order valence-electron chi connectivity index (χ2n) is 4.83. The number of amidine groups is 1. The maximum absolute atomic E-state index is 13.8. The number of methoxy groups -OCH3 is 1. The normalized spacial score (nSPS) is 13.0. The Morgan fingerprint density at radius 2 is 2.29 bits per heavy atom. The van der Waals surface area contributed by atoms with Crippen LogP contribution >= 0.6 is 0 Å². The van der Waals surface area contributed by atoms with Gasteiger partial charge in [-0.1, -0.05) is 24.2 Å². The summed E-state index contributed by atoms with van der Waals surface area (Å²) in [7, 11) is 1.58. The van der Waals surface area contributed by atoms with Crippen molar-refractivity contribution in [2.24, 2.45) is 16.8 Å². The van der Waals surface area contributed by atoms with E-state index in [9.17, 15) is 9.18 Å². The average molecular weight is 297 g/mol. The highest BCUT2D eigenvalue weighted by Crippen LogP contribution is 2.11. The van der Waals surface area contributed by atoms with Crippen molar-refractivity contribution in [3.05, 3.63) is 35.1 Å². The van der Waals surface area contributed by atoms with Gasteiger partial charge in [-0.15, -0.1) is 0 Å². The van der Waals surface area contributed by atoms with Crippen molar-refractivity contribution >= 4 is 11.7 Å². The van der Waals surface area contributed by atoms with Gasteiger partial charge in [0.25, 0.3) is 0 Å². The second kappa shape index (κ2) is 8.21. The highest BCUT2D eigenvalue weighted by atomic mass is 19.1. The molecule has 0 saturated carbocycles. The van der Waals surface area contributed by atoms with Crippen LogP contribution < -0.4 is 11.1 Å². The van der Waals surface area contributed by atoms with Crippen molar-refractivity contribution in [3.63, 3.8) is 0 Å². The van der Waals surface area contributed by atoms with Crippen LogP contribution in [-0.4, -0.2) is 30.7 Å². The number of rotatable bonds is 7. The third kappa shape index (κ3) is 5.39. The van der Waals surface area contributed by atoms with Crippen LogP contribution in [0.5, 0.6) is 0 Å². The Morgan fingerprint density at radius 3 is 2.86 bits per heavy atom. The third-order valence-electron chi connectivity index (χ3n) is 2.92. The van der Waals surface area contributed by atoms with E-state index in [1.165, 1.54) is 12.1 Å². The van der Waals surface area contributed by atoms with E-state index >= 15 is 0 Å². The number of benzene rings is 1. The zero-order chi connectivity index (χ0) is 15.8. The fourth-order valence-electron chi connectivity index (χ4n) is 1.83. The van der Waals surface area contributed by atoms with Gasteiger partial charge in [0.2, 0.25) is 5.91 Å². The molecule has 1 aromatic rings. The van der Waals surface area contributed by atoms with E-state index in [4.69, 9.17) is 15.7 Å². The number of amides is 1. The molecule has 0 saturated heterocycles. The van der Waals surface area contributed by atoms with Crippen molar-refractivity contribution < 1.29 is 19.1 Å². The summed E-state index contributed by atoms with van der Waals surface area (Å²) in [6.45, 7) is 2.48. The molecule has 1 amide bonds. The smallest absolute Gasteiger partial charge is 0.220 e. The van der Waals surface area contributed by atoms with Crippen molar-refractivity contribution in [3.8, 4) is 0 Å². The summed E-state index contributed by atoms with van der Waals surface area (Å²) in [6.07, 6.45) is 0.317. The fourth-order valence-corrected chi connectivity index (χ4v) is 1.83. The van der Waals surface area contributed by atoms with Crippen LogP contribution in [0.25, 0.3) is 0 Å². The lowest BCUT2D eigenvalue weighted by molar-refractivity contribution is -0.122. The highest BCUT2D eigenvalue weighted by Gasteiger charge is 2.11. The molecule has 0 aromatic heterocycles. The zero-order valence-electron chi connectivity index (χ0n) is 12.1. The van der Waals surface area contributed by atoms with Gasteiger partial charge in [-0.2, -0.15) is 0 Å². The van der Waals surface area contributed by atoms with E-state index in [0.29, 0.717) is 18.6 Å². The van der Waals surface area contributed by atoms with Crippen LogP contribution in [0.3, 0.4) is 0 Å². The molecule has 0 aliphatic heterocycles. The van der Waals surface area contributed by atoms with Crippen LogP contribution in [0.2, 0.25) is 0 Å². The maximum Gasteiger partial charge on any atom is 0.220 e. The quantitative estimate of drug-likeness (QED) is 0.305. The predicted octanol–water partition coefficient (Wildman–Crippen LogP) is 1.21. The first kappa shape index (κ1) is 16.9. The first-order valence-corrected chi connectivity index (χ1v) is 6.49. The molecule has 7 heteroatoms. The van der Waals surface area contributed by atoms with E-state index in [-0.39, 0.29) is 29.8 Å². The summed E-state index contributed by atoms with van der Waals surface area (Å²) in [6, 6.07) is 4.17. The number of nitrogens with one attached hydrogen (secondary N) is 1. The van der Waals surface area contributed by atoms with E-state index in [2.05, 4.69) is 10.5 Å². The van der Waals surface area contributed by atoms with Gasteiger partial charge >= 0.3 is 0 Å². The van der Waals surface area contributed by atoms with Gasteiger partial charge in [0, 0.05) is 37.8 Å². The van der Waals surface area contributed by atoms with E-state index in [0.717, 1.165) is 6.07 Å². The number of carbonyl (C=O) groups is 1. The number of nitrogens with zero attached hydrogens (tertiary/aromatic N) is 1. The second-order valence-corrected chi connectivity index (χ2v) is 4.83. The topological polar surface area (TPSA) is 96.9 Å². The number of hydrogen-bond acceptors (Lipinski definition) is 4. The zero-order valence-corrected chi connectivity index (χ0v) is 12.1. The summed E-state index contributed by atoms with van der Waals surface area (Å²) < 4.78 is 18.8. The Labute approximate surface area is 122 Å². The van der Waals surface area contributed by atoms with Crippen LogP contribution in [-0.2, 0) is 16.1 Å². The first-order valence-electron chi connectivity index (χ1n) is 6.49. The van der Waals surface area contributed by atoms with Crippen LogP contribution in [0.1, 0.15) is 24.5 Å². The molecule has 21 heavy (non-hydrogen) atoms. The molecule has 0 aliphatic carbocycles. The molecule has 1 aromatic carbocycles. The molecule has 1 unspecified atom stereocenters. The van der Waals surface area contributed by atoms with Gasteiger partial charge in [0.1, 0.15) is 5.82 Å². The summed E-state index contributed by atoms with van der Waals surface area (Å²) in [5.41, 5.74) is 5.98. The Bertz CT molecular complexity index is 520. The SMILES string of the molecule is COCC(C)CC(=O)NCc1ccc(/C(N)=N/O)cc1F. The summed E-state index contributed by atoms with van der Waals surface area (Å²) >= 11 is 0. The van der Waals surface area contributed by atoms with Crippen LogP contribution in [0, 0.1) is 11.7 Å². The number of nitrogens with two attached hydrogens (primary N) is 1. The molecule has 1 rings (SSSR count). The van der Waals surface area contributed by atoms with Gasteiger partial charge in [-0.05, 0) is 12.0 Å². The number of halogens is 1. The molecule has 6 nitrogen and oxygen atoms in total. The molecule has 0 bridgehead atoms. The number of oxime groups is 1. The van der Waals surface area contributed by atoms with Crippen molar-refractivity contribution in [2.45, 2.75) is 19.9 Å². The van der Waals surface area contributed by atoms with E-state index in [1.807, 2.05) is 6.92 Å². The molecular formula is C14H20FN3O3. The molecule has 116 valence electrons. The fraction of sp³-hybridized carbons (Fsp3) is 0.429. The molecular weight excluding hydrogens is 277 g/mol. The monoisotopic (exact) mass is 297 g/mol. The summed E-state index contributed by atoms with van der Waals surface area (Å²) in [5.74, 6) is -0.760. The molecule has 0 radical (unpaired) electrons. The van der Waals surface area contributed by atoms with Crippen LogP contribution in [0.4, 0.5) is 4.39 Å². The van der Waals surface area contributed by atoms with Gasteiger partial charge < -0.3 is 21.0 Å². The summed E-state index contributed by atoms with van der Waals surface area (Å²) in [5, 5.41) is 14.0. The Balaban J connectivity index is 2.58. The lowest BCUT2D eigenvalue weighted by Gasteiger charge is -2.11. The number of carbonyl (C=O) groups excluding carboxylic acids is 1. The van der Waals surface area contributed by atoms with E-state index in [1.54, 1.807) is 7.11 Å². The Kier molecular flexibility index (Phi) is 6.61. The van der Waals surface area contributed by atoms with Gasteiger partial charge in [-0.25, -0.2) is 4.39 Å². The standard InChI is InChI=1S/C14H20FN3O3/c1-9(8-21-2)5-13(19)17-7-11-4-3-10(6-12(11)15)14(16)18-20/h3-4,6,9,20H,5,7-8H2,1-2H3,(H2,16,18)(H,17,19). The first-order chi connectivity index (χ1) is 9.97. The lowest BCUT2D eigenvalue weighted by Crippen LogP contribution is -2.26. The molecule has 0 heterocycles. The largest absolute Gasteiger partial charge is 0.409 e. The van der Waals surface area contributed by atoms with E-state index < -0.39 is 5.82 Å². The molecule has 0 spiro atoms. The minimum Gasteiger partial charge on any atom is -0.409 e. The highest BCUT2D eigenvalue weighted by molar-refractivity contribution is 5.97. The third-order valence-corrected chi connectivity index (χ3v) is 2.92. The maximum atomic E-state index is 13.8. The van der Waals surface area contributed by atoms with Crippen molar-refractivity contribution in [1.82, 2.24) is 5.32 Å².